The van der Waals surface area contributed by atoms with Crippen LogP contribution in [-0.4, -0.2) is 33.2 Å². The molecule has 0 saturated heterocycles. The molecule has 1 aliphatic carbocycles. The zero-order valence-corrected chi connectivity index (χ0v) is 11.0. The molecule has 0 radical (unpaired) electrons. The first-order valence-electron chi connectivity index (χ1n) is 5.94. The largest absolute Gasteiger partial charge is 0.447 e. The van der Waals surface area contributed by atoms with Gasteiger partial charge in [-0.2, -0.15) is 0 Å². The van der Waals surface area contributed by atoms with Crippen LogP contribution in [0.15, 0.2) is 21.6 Å². The lowest BCUT2D eigenvalue weighted by atomic mass is 10.2. The maximum Gasteiger partial charge on any atom is 0.273 e. The first-order chi connectivity index (χ1) is 8.53. The van der Waals surface area contributed by atoms with Crippen LogP contribution < -0.4 is 10.0 Å². The molecule has 1 heterocycles. The highest BCUT2D eigenvalue weighted by Gasteiger charge is 2.29. The van der Waals surface area contributed by atoms with Crippen molar-refractivity contribution in [2.24, 2.45) is 5.92 Å². The van der Waals surface area contributed by atoms with Gasteiger partial charge < -0.3 is 14.8 Å². The Morgan fingerprint density at radius 1 is 1.50 bits per heavy atom. The van der Waals surface area contributed by atoms with Crippen molar-refractivity contribution in [3.63, 3.8) is 0 Å². The minimum Gasteiger partial charge on any atom is -0.447 e. The third-order valence-electron chi connectivity index (χ3n) is 2.99. The van der Waals surface area contributed by atoms with Crippen molar-refractivity contribution in [1.82, 2.24) is 10.0 Å². The monoisotopic (exact) mass is 274 g/mol. The number of aliphatic hydroxyl groups excluding tert-OH is 1. The van der Waals surface area contributed by atoms with Gasteiger partial charge in [-0.15, -0.1) is 0 Å². The lowest BCUT2D eigenvalue weighted by Gasteiger charge is -2.09. The fourth-order valence-electron chi connectivity index (χ4n) is 1.69. The van der Waals surface area contributed by atoms with E-state index in [-0.39, 0.29) is 11.2 Å². The van der Waals surface area contributed by atoms with Gasteiger partial charge in [0.2, 0.25) is 5.09 Å². The van der Waals surface area contributed by atoms with Crippen molar-refractivity contribution in [3.05, 3.63) is 17.9 Å². The van der Waals surface area contributed by atoms with E-state index in [2.05, 4.69) is 10.0 Å². The number of sulfonamides is 1. The van der Waals surface area contributed by atoms with Crippen molar-refractivity contribution in [3.8, 4) is 0 Å². The Balaban J connectivity index is 1.83. The fourth-order valence-corrected chi connectivity index (χ4v) is 2.35. The third kappa shape index (κ3) is 3.32. The summed E-state index contributed by atoms with van der Waals surface area (Å²) < 4.78 is 30.2. The summed E-state index contributed by atoms with van der Waals surface area (Å²) in [6.45, 7) is 0.905. The Morgan fingerprint density at radius 3 is 2.83 bits per heavy atom. The van der Waals surface area contributed by atoms with E-state index in [4.69, 9.17) is 4.42 Å². The van der Waals surface area contributed by atoms with E-state index in [1.54, 1.807) is 6.07 Å². The Kier molecular flexibility index (Phi) is 4.06. The molecule has 1 aliphatic rings. The minimum atomic E-state index is -3.52. The molecule has 0 amide bonds. The van der Waals surface area contributed by atoms with E-state index in [1.807, 2.05) is 0 Å². The summed E-state index contributed by atoms with van der Waals surface area (Å²) in [4.78, 5) is 0. The van der Waals surface area contributed by atoms with Crippen molar-refractivity contribution >= 4 is 10.0 Å². The minimum absolute atomic E-state index is 0.0930. The van der Waals surface area contributed by atoms with Gasteiger partial charge in [0.15, 0.2) is 0 Å². The zero-order chi connectivity index (χ0) is 13.2. The Morgan fingerprint density at radius 2 is 2.22 bits per heavy atom. The second-order valence-corrected chi connectivity index (χ2v) is 6.28. The number of hydrogen-bond donors (Lipinski definition) is 3. The summed E-state index contributed by atoms with van der Waals surface area (Å²) in [5, 5.41) is 12.6. The van der Waals surface area contributed by atoms with E-state index < -0.39 is 10.0 Å². The summed E-state index contributed by atoms with van der Waals surface area (Å²) >= 11 is 0. The van der Waals surface area contributed by atoms with Crippen LogP contribution in [0.2, 0.25) is 0 Å². The zero-order valence-electron chi connectivity index (χ0n) is 10.2. The fraction of sp³-hybridized carbons (Fsp3) is 0.636. The predicted molar refractivity (Wildman–Crippen MR) is 65.4 cm³/mol. The van der Waals surface area contributed by atoms with E-state index >= 15 is 0 Å². The van der Waals surface area contributed by atoms with Gasteiger partial charge in [-0.05, 0) is 37.9 Å². The molecule has 6 nitrogen and oxygen atoms in total. The highest BCUT2D eigenvalue weighted by atomic mass is 32.2. The lowest BCUT2D eigenvalue weighted by molar-refractivity contribution is 0.147. The molecule has 1 atom stereocenters. The van der Waals surface area contributed by atoms with Crippen molar-refractivity contribution in [2.75, 3.05) is 13.6 Å². The maximum atomic E-state index is 11.4. The molecule has 1 aromatic rings. The molecular weight excluding hydrogens is 256 g/mol. The van der Waals surface area contributed by atoms with Crippen LogP contribution in [0.3, 0.4) is 0 Å². The standard InChI is InChI=1S/C11H18N2O4S/c1-12-18(15,16)11-5-4-9(17-11)6-13-7-10(14)8-2-3-8/h4-5,8,10,12-14H,2-3,6-7H2,1H3. The van der Waals surface area contributed by atoms with Gasteiger partial charge in [0.05, 0.1) is 12.6 Å². The highest BCUT2D eigenvalue weighted by molar-refractivity contribution is 7.89. The summed E-state index contributed by atoms with van der Waals surface area (Å²) in [5.74, 6) is 0.959. The molecule has 102 valence electrons. The van der Waals surface area contributed by atoms with E-state index in [0.29, 0.717) is 24.8 Å². The highest BCUT2D eigenvalue weighted by Crippen LogP contribution is 2.32. The molecule has 7 heteroatoms. The average molecular weight is 274 g/mol. The smallest absolute Gasteiger partial charge is 0.273 e. The SMILES string of the molecule is CNS(=O)(=O)c1ccc(CNCC(O)C2CC2)o1. The molecule has 1 saturated carbocycles. The van der Waals surface area contributed by atoms with Crippen LogP contribution in [0.4, 0.5) is 0 Å². The van der Waals surface area contributed by atoms with Gasteiger partial charge in [-0.3, -0.25) is 0 Å². The molecule has 1 fully saturated rings. The molecule has 18 heavy (non-hydrogen) atoms. The van der Waals surface area contributed by atoms with Gasteiger partial charge in [0, 0.05) is 6.54 Å². The van der Waals surface area contributed by atoms with Crippen LogP contribution in [0.25, 0.3) is 0 Å². The van der Waals surface area contributed by atoms with Gasteiger partial charge in [0.1, 0.15) is 5.76 Å². The Hall–Kier alpha value is -0.890. The molecule has 0 spiro atoms. The second-order valence-electron chi connectivity index (χ2n) is 4.46. The molecule has 0 aliphatic heterocycles. The van der Waals surface area contributed by atoms with Gasteiger partial charge in [-0.25, -0.2) is 13.1 Å². The van der Waals surface area contributed by atoms with Crippen molar-refractivity contribution < 1.29 is 17.9 Å². The number of aliphatic hydroxyl groups is 1. The molecule has 1 unspecified atom stereocenters. The lowest BCUT2D eigenvalue weighted by Crippen LogP contribution is -2.27. The van der Waals surface area contributed by atoms with Crippen molar-refractivity contribution in [2.45, 2.75) is 30.6 Å². The van der Waals surface area contributed by atoms with Crippen LogP contribution in [0.1, 0.15) is 18.6 Å². The summed E-state index contributed by atoms with van der Waals surface area (Å²) in [7, 11) is -2.18. The number of hydrogen-bond acceptors (Lipinski definition) is 5. The summed E-state index contributed by atoms with van der Waals surface area (Å²) in [6, 6.07) is 3.03. The summed E-state index contributed by atoms with van der Waals surface area (Å²) in [6.07, 6.45) is 1.86. The van der Waals surface area contributed by atoms with Gasteiger partial charge in [0.25, 0.3) is 10.0 Å². The quantitative estimate of drug-likeness (QED) is 0.653. The molecule has 2 rings (SSSR count). The average Bonchev–Trinajstić information content (AvgIpc) is 3.09. The molecule has 0 bridgehead atoms. The number of rotatable bonds is 7. The van der Waals surface area contributed by atoms with Gasteiger partial charge in [-0.1, -0.05) is 0 Å². The number of nitrogens with one attached hydrogen (secondary N) is 2. The van der Waals surface area contributed by atoms with Crippen LogP contribution >= 0.6 is 0 Å². The number of furan rings is 1. The van der Waals surface area contributed by atoms with Crippen LogP contribution in [-0.2, 0) is 16.6 Å². The van der Waals surface area contributed by atoms with Crippen molar-refractivity contribution in [1.29, 1.82) is 0 Å². The van der Waals surface area contributed by atoms with Crippen LogP contribution in [0.5, 0.6) is 0 Å². The topological polar surface area (TPSA) is 91.6 Å². The third-order valence-corrected chi connectivity index (χ3v) is 4.28. The second kappa shape index (κ2) is 5.40. The van der Waals surface area contributed by atoms with Gasteiger partial charge >= 0.3 is 0 Å². The molecule has 0 aromatic carbocycles. The Labute approximate surface area is 106 Å². The molecule has 3 N–H and O–H groups in total. The Bertz CT molecular complexity index is 493. The van der Waals surface area contributed by atoms with E-state index in [9.17, 15) is 13.5 Å². The van der Waals surface area contributed by atoms with E-state index in [1.165, 1.54) is 13.1 Å². The predicted octanol–water partition coefficient (Wildman–Crippen LogP) is 0.0482. The molecular formula is C11H18N2O4S. The van der Waals surface area contributed by atoms with Crippen LogP contribution in [0, 0.1) is 5.92 Å². The maximum absolute atomic E-state index is 11.4. The first-order valence-corrected chi connectivity index (χ1v) is 7.42. The van der Waals surface area contributed by atoms with E-state index in [0.717, 1.165) is 12.8 Å². The normalized spacial score (nSPS) is 17.9. The summed E-state index contributed by atoms with van der Waals surface area (Å²) in [5.41, 5.74) is 0. The first kappa shape index (κ1) is 13.5. The molecule has 1 aromatic heterocycles.